The number of allylic oxidation sites excluding steroid dienone is 1. The van der Waals surface area contributed by atoms with Crippen molar-refractivity contribution in [2.45, 2.75) is 241 Å². The Morgan fingerprint density at radius 2 is 1.32 bits per heavy atom. The fourth-order valence-corrected chi connectivity index (χ4v) is 16.9. The molecule has 21 nitrogen and oxygen atoms in total. The number of aliphatic hydroxyl groups is 11. The third-order valence-electron chi connectivity index (χ3n) is 20.4. The minimum atomic E-state index is -1.87. The number of rotatable bonds is 10. The van der Waals surface area contributed by atoms with E-state index < -0.39 is 147 Å². The molecule has 6 saturated heterocycles. The van der Waals surface area contributed by atoms with Crippen molar-refractivity contribution in [2.75, 3.05) is 26.4 Å². The van der Waals surface area contributed by atoms with Crippen LogP contribution in [0, 0.1) is 45.3 Å². The standard InChI is InChI=1S/C52H84O21/c1-22(2)15-24-16-50(8,63)42-25-9-10-30-48(6)13-12-31(47(4,5)29(48)11-14-49(30,7)51(25)20-52(42,73-24)66-21-51)69-45-41(72-44-38(62)35(59)32(56)23(3)67-44)39(27(55)19-65-45)70-46-40(36(60)34(58)28(17-53)68-46)71-43-37(61)33(57)26(54)18-64-43/h15,23-46,53-63H,9-14,16-21H2,1-8H3/t23-,24+,25-,26-,27+,28-,29-,30-,31+,32+,33+,34-,35+,36+,37-,38-,39+,40-,41-,42+,43+,44-,45+,46+,48+,49-,50+,51+,52+/m1/s1. The van der Waals surface area contributed by atoms with Crippen LogP contribution in [0.3, 0.4) is 0 Å². The molecule has 418 valence electrons. The zero-order valence-electron chi connectivity index (χ0n) is 43.4. The molecule has 0 radical (unpaired) electrons. The third-order valence-corrected chi connectivity index (χ3v) is 20.4. The van der Waals surface area contributed by atoms with Crippen LogP contribution in [0.15, 0.2) is 11.6 Å². The lowest BCUT2D eigenvalue weighted by atomic mass is 9.35. The van der Waals surface area contributed by atoms with E-state index in [1.807, 2.05) is 6.92 Å². The Kier molecular flexibility index (Phi) is 14.8. The number of fused-ring (bicyclic) bond motifs is 4. The molecule has 0 aromatic carbocycles. The van der Waals surface area contributed by atoms with Crippen molar-refractivity contribution in [1.82, 2.24) is 0 Å². The van der Waals surface area contributed by atoms with Crippen LogP contribution >= 0.6 is 0 Å². The summed E-state index contributed by atoms with van der Waals surface area (Å²) in [5.41, 5.74) is -0.717. The Balaban J connectivity index is 0.919. The predicted octanol–water partition coefficient (Wildman–Crippen LogP) is -0.542. The minimum Gasteiger partial charge on any atom is -0.394 e. The van der Waals surface area contributed by atoms with Crippen LogP contribution in [-0.2, 0) is 47.4 Å². The second-order valence-corrected chi connectivity index (χ2v) is 25.3. The summed E-state index contributed by atoms with van der Waals surface area (Å²) in [4.78, 5) is 0. The van der Waals surface area contributed by atoms with Gasteiger partial charge in [0.2, 0.25) is 0 Å². The van der Waals surface area contributed by atoms with Crippen LogP contribution in [-0.4, -0.2) is 217 Å². The molecule has 2 bridgehead atoms. The average Bonchev–Trinajstić information content (AvgIpc) is 3.85. The van der Waals surface area contributed by atoms with Gasteiger partial charge in [0.25, 0.3) is 0 Å². The Bertz CT molecular complexity index is 2010. The van der Waals surface area contributed by atoms with E-state index in [9.17, 15) is 56.2 Å². The average molecular weight is 1050 g/mol. The summed E-state index contributed by atoms with van der Waals surface area (Å²) in [6.07, 6.45) is -20.8. The van der Waals surface area contributed by atoms with Gasteiger partial charge in [0, 0.05) is 24.2 Å². The Hall–Kier alpha value is -1.10. The molecular formula is C52H84O21. The van der Waals surface area contributed by atoms with Crippen molar-refractivity contribution >= 4 is 0 Å². The molecule has 0 amide bonds. The highest BCUT2D eigenvalue weighted by Gasteiger charge is 2.81. The highest BCUT2D eigenvalue weighted by molar-refractivity contribution is 5.27. The maximum atomic E-state index is 12.3. The molecule has 73 heavy (non-hydrogen) atoms. The van der Waals surface area contributed by atoms with Crippen LogP contribution in [0.1, 0.15) is 107 Å². The summed E-state index contributed by atoms with van der Waals surface area (Å²) in [7, 11) is 0. The van der Waals surface area contributed by atoms with Crippen LogP contribution in [0.4, 0.5) is 0 Å². The zero-order valence-corrected chi connectivity index (χ0v) is 43.4. The van der Waals surface area contributed by atoms with E-state index in [-0.39, 0.29) is 46.7 Å². The fourth-order valence-electron chi connectivity index (χ4n) is 16.9. The lowest BCUT2D eigenvalue weighted by Gasteiger charge is -2.70. The molecule has 11 N–H and O–H groups in total. The quantitative estimate of drug-likeness (QED) is 0.0967. The molecule has 4 saturated carbocycles. The van der Waals surface area contributed by atoms with Gasteiger partial charge >= 0.3 is 0 Å². The largest absolute Gasteiger partial charge is 0.394 e. The first kappa shape index (κ1) is 55.2. The summed E-state index contributed by atoms with van der Waals surface area (Å²) in [6.45, 7) is 15.9. The van der Waals surface area contributed by atoms with Gasteiger partial charge in [-0.1, -0.05) is 39.3 Å². The molecule has 4 aliphatic carbocycles. The van der Waals surface area contributed by atoms with E-state index in [0.717, 1.165) is 44.1 Å². The first-order valence-electron chi connectivity index (χ1n) is 26.8. The van der Waals surface area contributed by atoms with Crippen LogP contribution in [0.5, 0.6) is 0 Å². The molecule has 6 aliphatic heterocycles. The first-order valence-corrected chi connectivity index (χ1v) is 26.8. The number of hydrogen-bond acceptors (Lipinski definition) is 21. The summed E-state index contributed by atoms with van der Waals surface area (Å²) in [5.74, 6) is -0.230. The van der Waals surface area contributed by atoms with E-state index in [1.165, 1.54) is 6.92 Å². The first-order chi connectivity index (χ1) is 34.2. The van der Waals surface area contributed by atoms with Crippen molar-refractivity contribution < 1.29 is 104 Å². The van der Waals surface area contributed by atoms with Gasteiger partial charge in [0.1, 0.15) is 79.4 Å². The zero-order chi connectivity index (χ0) is 52.7. The summed E-state index contributed by atoms with van der Waals surface area (Å²) < 4.78 is 63.4. The van der Waals surface area contributed by atoms with Gasteiger partial charge in [0.05, 0.1) is 50.3 Å². The van der Waals surface area contributed by atoms with Crippen molar-refractivity contribution in [3.05, 3.63) is 11.6 Å². The van der Waals surface area contributed by atoms with Crippen molar-refractivity contribution in [3.8, 4) is 0 Å². The highest BCUT2D eigenvalue weighted by atomic mass is 16.8. The number of ether oxygens (including phenoxy) is 10. The maximum Gasteiger partial charge on any atom is 0.187 e. The SMILES string of the molecule is CC(C)=C[C@H]1C[C@](C)(O)[C@@H]2[C@H]3CC[C@@H]4[C@@]5(C)CC[C@H](O[C@@H]6OC[C@H](O)[C@H](O[C@@H]7O[C@H](CO)[C@@H](O)[C@H](O)[C@H]7O[C@@H]7OC[C@@H](O)[C@H](O)[C@H]7O)[C@H]6O[C@H]6O[C@H](C)[C@H](O)[C@H](O)[C@H]6O)C(C)(C)[C@H]5CC[C@@]4(C)[C@@]34CO[C@@]2(C4)O1. The Morgan fingerprint density at radius 1 is 0.644 bits per heavy atom. The van der Waals surface area contributed by atoms with E-state index in [2.05, 4.69) is 47.6 Å². The number of hydrogen-bond donors (Lipinski definition) is 11. The normalized spacial score (nSPS) is 57.5. The van der Waals surface area contributed by atoms with Crippen molar-refractivity contribution in [2.24, 2.45) is 45.3 Å². The fraction of sp³-hybridized carbons (Fsp3) is 0.962. The van der Waals surface area contributed by atoms with Gasteiger partial charge in [-0.05, 0) is 100 Å². The van der Waals surface area contributed by atoms with Gasteiger partial charge in [-0.2, -0.15) is 0 Å². The molecule has 2 spiro atoms. The molecule has 10 fully saturated rings. The second kappa shape index (κ2) is 19.6. The molecular weight excluding hydrogens is 961 g/mol. The predicted molar refractivity (Wildman–Crippen MR) is 250 cm³/mol. The van der Waals surface area contributed by atoms with Crippen LogP contribution in [0.2, 0.25) is 0 Å². The molecule has 0 aromatic heterocycles. The van der Waals surface area contributed by atoms with Gasteiger partial charge in [-0.3, -0.25) is 0 Å². The van der Waals surface area contributed by atoms with Gasteiger partial charge in [0.15, 0.2) is 30.9 Å². The monoisotopic (exact) mass is 1040 g/mol. The maximum absolute atomic E-state index is 12.3. The van der Waals surface area contributed by atoms with Gasteiger partial charge in [-0.15, -0.1) is 0 Å². The second-order valence-electron chi connectivity index (χ2n) is 25.3. The Labute approximate surface area is 426 Å². The van der Waals surface area contributed by atoms with Gasteiger partial charge in [-0.25, -0.2) is 0 Å². The van der Waals surface area contributed by atoms with E-state index in [1.54, 1.807) is 0 Å². The van der Waals surface area contributed by atoms with E-state index in [4.69, 9.17) is 47.4 Å². The molecule has 0 unspecified atom stereocenters. The Morgan fingerprint density at radius 3 is 2.03 bits per heavy atom. The van der Waals surface area contributed by atoms with Crippen molar-refractivity contribution in [3.63, 3.8) is 0 Å². The summed E-state index contributed by atoms with van der Waals surface area (Å²) >= 11 is 0. The lowest BCUT2D eigenvalue weighted by Crippen LogP contribution is -2.68. The van der Waals surface area contributed by atoms with Crippen LogP contribution in [0.25, 0.3) is 0 Å². The summed E-state index contributed by atoms with van der Waals surface area (Å²) in [5, 5.41) is 121. The molecule has 10 rings (SSSR count). The smallest absolute Gasteiger partial charge is 0.187 e. The minimum absolute atomic E-state index is 0.108. The molecule has 6 heterocycles. The molecule has 0 aromatic rings. The van der Waals surface area contributed by atoms with Gasteiger partial charge < -0.3 is 104 Å². The summed E-state index contributed by atoms with van der Waals surface area (Å²) in [6, 6.07) is 0. The van der Waals surface area contributed by atoms with E-state index in [0.29, 0.717) is 25.4 Å². The van der Waals surface area contributed by atoms with E-state index >= 15 is 0 Å². The van der Waals surface area contributed by atoms with Crippen molar-refractivity contribution in [1.29, 1.82) is 0 Å². The third kappa shape index (κ3) is 8.77. The molecule has 29 atom stereocenters. The molecule has 21 heteroatoms. The molecule has 10 aliphatic rings. The topological polar surface area (TPSA) is 315 Å². The number of aliphatic hydroxyl groups excluding tert-OH is 10. The highest BCUT2D eigenvalue weighted by Crippen LogP contribution is 2.80. The lowest BCUT2D eigenvalue weighted by molar-refractivity contribution is -0.399. The van der Waals surface area contributed by atoms with Crippen LogP contribution < -0.4 is 0 Å².